The van der Waals surface area contributed by atoms with Gasteiger partial charge in [-0.1, -0.05) is 29.8 Å². The molecule has 2 aromatic carbocycles. The van der Waals surface area contributed by atoms with Crippen LogP contribution in [-0.2, 0) is 0 Å². The maximum atomic E-state index is 6.30. The van der Waals surface area contributed by atoms with Gasteiger partial charge in [-0.05, 0) is 30.7 Å². The fraction of sp³-hybridized carbons (Fsp3) is 0.294. The first kappa shape index (κ1) is 13.0. The van der Waals surface area contributed by atoms with Crippen LogP contribution < -0.4 is 15.2 Å². The molecule has 0 aromatic heterocycles. The molecule has 3 rings (SSSR count). The number of aryl methyl sites for hydroxylation is 1. The van der Waals surface area contributed by atoms with Gasteiger partial charge in [0.1, 0.15) is 17.6 Å². The number of hydrogen-bond donors (Lipinski definition) is 1. The van der Waals surface area contributed by atoms with Gasteiger partial charge in [0.05, 0.1) is 7.11 Å². The van der Waals surface area contributed by atoms with Crippen LogP contribution in [0.25, 0.3) is 0 Å². The van der Waals surface area contributed by atoms with Gasteiger partial charge in [0.2, 0.25) is 0 Å². The van der Waals surface area contributed by atoms with Gasteiger partial charge in [-0.25, -0.2) is 0 Å². The third-order valence-corrected chi connectivity index (χ3v) is 3.77. The maximum Gasteiger partial charge on any atom is 0.126 e. The van der Waals surface area contributed by atoms with E-state index in [1.165, 1.54) is 11.1 Å². The molecule has 1 aliphatic rings. The molecule has 0 saturated heterocycles. The van der Waals surface area contributed by atoms with Crippen molar-refractivity contribution in [2.45, 2.75) is 25.5 Å². The summed E-state index contributed by atoms with van der Waals surface area (Å²) in [5, 5.41) is 0. The van der Waals surface area contributed by atoms with E-state index in [1.807, 2.05) is 18.2 Å². The predicted molar refractivity (Wildman–Crippen MR) is 79.1 cm³/mol. The first-order chi connectivity index (χ1) is 9.67. The maximum absolute atomic E-state index is 6.30. The van der Waals surface area contributed by atoms with Crippen molar-refractivity contribution in [2.24, 2.45) is 5.73 Å². The molecule has 104 valence electrons. The highest BCUT2D eigenvalue weighted by atomic mass is 16.5. The molecule has 1 heterocycles. The van der Waals surface area contributed by atoms with Crippen molar-refractivity contribution in [1.29, 1.82) is 0 Å². The van der Waals surface area contributed by atoms with Crippen LogP contribution in [0.4, 0.5) is 0 Å². The molecule has 2 aromatic rings. The minimum atomic E-state index is -0.0284. The molecule has 3 nitrogen and oxygen atoms in total. The zero-order valence-electron chi connectivity index (χ0n) is 11.8. The van der Waals surface area contributed by atoms with E-state index in [0.29, 0.717) is 0 Å². The van der Waals surface area contributed by atoms with Crippen LogP contribution in [0, 0.1) is 6.92 Å². The van der Waals surface area contributed by atoms with E-state index in [4.69, 9.17) is 15.2 Å². The van der Waals surface area contributed by atoms with Crippen molar-refractivity contribution in [1.82, 2.24) is 0 Å². The summed E-state index contributed by atoms with van der Waals surface area (Å²) < 4.78 is 11.4. The summed E-state index contributed by atoms with van der Waals surface area (Å²) in [6.07, 6.45) is 0.801. The van der Waals surface area contributed by atoms with Crippen LogP contribution in [0.15, 0.2) is 42.5 Å². The van der Waals surface area contributed by atoms with Crippen molar-refractivity contribution in [3.05, 3.63) is 59.2 Å². The lowest BCUT2D eigenvalue weighted by molar-refractivity contribution is 0.161. The second-order valence-corrected chi connectivity index (χ2v) is 5.27. The molecular formula is C17H19NO2. The van der Waals surface area contributed by atoms with Gasteiger partial charge in [-0.15, -0.1) is 0 Å². The van der Waals surface area contributed by atoms with Crippen LogP contribution in [-0.4, -0.2) is 7.11 Å². The lowest BCUT2D eigenvalue weighted by Crippen LogP contribution is -2.24. The molecular weight excluding hydrogens is 250 g/mol. The van der Waals surface area contributed by atoms with E-state index in [-0.39, 0.29) is 12.1 Å². The van der Waals surface area contributed by atoms with Gasteiger partial charge >= 0.3 is 0 Å². The summed E-state index contributed by atoms with van der Waals surface area (Å²) in [7, 11) is 1.66. The molecule has 1 unspecified atom stereocenters. The molecule has 0 bridgehead atoms. The fourth-order valence-corrected chi connectivity index (χ4v) is 2.68. The van der Waals surface area contributed by atoms with E-state index in [9.17, 15) is 0 Å². The zero-order chi connectivity index (χ0) is 14.1. The van der Waals surface area contributed by atoms with Crippen molar-refractivity contribution in [3.63, 3.8) is 0 Å². The van der Waals surface area contributed by atoms with Crippen molar-refractivity contribution in [3.8, 4) is 11.5 Å². The number of ether oxygens (including phenoxy) is 2. The monoisotopic (exact) mass is 269 g/mol. The Bertz CT molecular complexity index is 624. The second-order valence-electron chi connectivity index (χ2n) is 5.27. The Morgan fingerprint density at radius 3 is 2.80 bits per heavy atom. The van der Waals surface area contributed by atoms with Gasteiger partial charge in [-0.2, -0.15) is 0 Å². The average molecular weight is 269 g/mol. The van der Waals surface area contributed by atoms with Crippen LogP contribution in [0.2, 0.25) is 0 Å². The van der Waals surface area contributed by atoms with E-state index in [1.54, 1.807) is 7.11 Å². The number of fused-ring (bicyclic) bond motifs is 1. The Hall–Kier alpha value is -2.00. The Labute approximate surface area is 119 Å². The first-order valence-corrected chi connectivity index (χ1v) is 6.84. The summed E-state index contributed by atoms with van der Waals surface area (Å²) in [6, 6.07) is 14.2. The van der Waals surface area contributed by atoms with Crippen molar-refractivity contribution < 1.29 is 9.47 Å². The van der Waals surface area contributed by atoms with Gasteiger partial charge in [0.25, 0.3) is 0 Å². The molecule has 1 aliphatic heterocycles. The largest absolute Gasteiger partial charge is 0.497 e. The van der Waals surface area contributed by atoms with E-state index >= 15 is 0 Å². The van der Waals surface area contributed by atoms with Crippen LogP contribution in [0.1, 0.15) is 35.3 Å². The molecule has 0 aliphatic carbocycles. The zero-order valence-corrected chi connectivity index (χ0v) is 11.8. The molecule has 3 heteroatoms. The predicted octanol–water partition coefficient (Wildman–Crippen LogP) is 3.53. The third-order valence-electron chi connectivity index (χ3n) is 3.77. The van der Waals surface area contributed by atoms with Crippen molar-refractivity contribution in [2.75, 3.05) is 7.11 Å². The fourth-order valence-electron chi connectivity index (χ4n) is 2.68. The number of nitrogens with two attached hydrogens (primary N) is 1. The van der Waals surface area contributed by atoms with E-state index in [0.717, 1.165) is 23.5 Å². The number of hydrogen-bond acceptors (Lipinski definition) is 3. The van der Waals surface area contributed by atoms with Gasteiger partial charge in [0, 0.05) is 18.0 Å². The highest BCUT2D eigenvalue weighted by molar-refractivity contribution is 5.44. The Kier molecular flexibility index (Phi) is 3.36. The van der Waals surface area contributed by atoms with Crippen LogP contribution in [0.5, 0.6) is 11.5 Å². The standard InChI is InChI=1S/C17H19NO2/c1-11-4-3-5-12(8-11)17-10-15(18)14-9-13(19-2)6-7-16(14)20-17/h3-9,15,17H,10,18H2,1-2H3/t15-,17?/m0/s1. The topological polar surface area (TPSA) is 44.5 Å². The Morgan fingerprint density at radius 2 is 2.05 bits per heavy atom. The lowest BCUT2D eigenvalue weighted by Gasteiger charge is -2.31. The third kappa shape index (κ3) is 2.37. The SMILES string of the molecule is COc1ccc2c(c1)[C@@H](N)CC(c1cccc(C)c1)O2. The Balaban J connectivity index is 1.93. The van der Waals surface area contributed by atoms with Crippen molar-refractivity contribution >= 4 is 0 Å². The summed E-state index contributed by atoms with van der Waals surface area (Å²) in [5.74, 6) is 1.67. The molecule has 20 heavy (non-hydrogen) atoms. The lowest BCUT2D eigenvalue weighted by atomic mass is 9.93. The first-order valence-electron chi connectivity index (χ1n) is 6.84. The van der Waals surface area contributed by atoms with Crippen LogP contribution >= 0.6 is 0 Å². The smallest absolute Gasteiger partial charge is 0.126 e. The average Bonchev–Trinajstić information content (AvgIpc) is 2.47. The summed E-state index contributed by atoms with van der Waals surface area (Å²) in [4.78, 5) is 0. The normalized spacial score (nSPS) is 20.9. The molecule has 0 fully saturated rings. The molecule has 0 spiro atoms. The molecule has 2 atom stereocenters. The second kappa shape index (κ2) is 5.17. The summed E-state index contributed by atoms with van der Waals surface area (Å²) in [5.41, 5.74) is 9.74. The minimum absolute atomic E-state index is 0.0193. The van der Waals surface area contributed by atoms with E-state index < -0.39 is 0 Å². The molecule has 0 radical (unpaired) electrons. The van der Waals surface area contributed by atoms with Gasteiger partial charge in [-0.3, -0.25) is 0 Å². The quantitative estimate of drug-likeness (QED) is 0.907. The van der Waals surface area contributed by atoms with Gasteiger partial charge in [0.15, 0.2) is 0 Å². The number of methoxy groups -OCH3 is 1. The molecule has 0 amide bonds. The summed E-state index contributed by atoms with van der Waals surface area (Å²) >= 11 is 0. The Morgan fingerprint density at radius 1 is 1.20 bits per heavy atom. The summed E-state index contributed by atoms with van der Waals surface area (Å²) in [6.45, 7) is 2.09. The van der Waals surface area contributed by atoms with Gasteiger partial charge < -0.3 is 15.2 Å². The number of benzene rings is 2. The molecule has 0 saturated carbocycles. The highest BCUT2D eigenvalue weighted by Crippen LogP contribution is 2.41. The number of rotatable bonds is 2. The van der Waals surface area contributed by atoms with E-state index in [2.05, 4.69) is 31.2 Å². The van der Waals surface area contributed by atoms with Crippen LogP contribution in [0.3, 0.4) is 0 Å². The highest BCUT2D eigenvalue weighted by Gasteiger charge is 2.27. The molecule has 2 N–H and O–H groups in total. The minimum Gasteiger partial charge on any atom is -0.497 e.